The van der Waals surface area contributed by atoms with Gasteiger partial charge in [-0.05, 0) is 16.8 Å². The number of ether oxygens (including phenoxy) is 1. The second-order valence-electron chi connectivity index (χ2n) is 3.96. The molecule has 0 aliphatic carbocycles. The standard InChI is InChI=1S/C11H20N4O2S/c1-3-4-5-6-7-8-18-11-12-13-14-15(11)9-10(16)17-2/h3-9H2,1-2H3. The number of esters is 1. The van der Waals surface area contributed by atoms with Crippen molar-refractivity contribution in [3.63, 3.8) is 0 Å². The number of rotatable bonds is 9. The monoisotopic (exact) mass is 272 g/mol. The van der Waals surface area contributed by atoms with Gasteiger partial charge in [0.05, 0.1) is 7.11 Å². The number of tetrazole rings is 1. The average Bonchev–Trinajstić information content (AvgIpc) is 2.81. The number of hydrogen-bond acceptors (Lipinski definition) is 6. The van der Waals surface area contributed by atoms with Gasteiger partial charge < -0.3 is 4.74 Å². The van der Waals surface area contributed by atoms with Crippen molar-refractivity contribution in [2.24, 2.45) is 0 Å². The van der Waals surface area contributed by atoms with Gasteiger partial charge in [0.1, 0.15) is 6.54 Å². The van der Waals surface area contributed by atoms with Gasteiger partial charge >= 0.3 is 5.97 Å². The first-order valence-electron chi connectivity index (χ1n) is 6.23. The summed E-state index contributed by atoms with van der Waals surface area (Å²) in [6, 6.07) is 0. The first-order valence-corrected chi connectivity index (χ1v) is 7.22. The molecule has 0 spiro atoms. The first-order chi connectivity index (χ1) is 8.77. The number of methoxy groups -OCH3 is 1. The van der Waals surface area contributed by atoms with E-state index in [2.05, 4.69) is 27.2 Å². The van der Waals surface area contributed by atoms with Crippen LogP contribution in [0.3, 0.4) is 0 Å². The molecule has 0 radical (unpaired) electrons. The molecule has 102 valence electrons. The maximum absolute atomic E-state index is 11.1. The number of thioether (sulfide) groups is 1. The number of unbranched alkanes of at least 4 members (excludes halogenated alkanes) is 4. The lowest BCUT2D eigenvalue weighted by molar-refractivity contribution is -0.141. The van der Waals surface area contributed by atoms with Crippen LogP contribution in [0.15, 0.2) is 5.16 Å². The van der Waals surface area contributed by atoms with Crippen molar-refractivity contribution in [2.45, 2.75) is 50.7 Å². The topological polar surface area (TPSA) is 69.9 Å². The predicted octanol–water partition coefficient (Wildman–Crippen LogP) is 1.91. The average molecular weight is 272 g/mol. The van der Waals surface area contributed by atoms with Crippen LogP contribution in [-0.4, -0.2) is 39.0 Å². The summed E-state index contributed by atoms with van der Waals surface area (Å²) in [6.07, 6.45) is 6.22. The first kappa shape index (κ1) is 14.9. The van der Waals surface area contributed by atoms with E-state index in [1.807, 2.05) is 0 Å². The third kappa shape index (κ3) is 5.48. The van der Waals surface area contributed by atoms with Crippen molar-refractivity contribution in [1.29, 1.82) is 0 Å². The minimum Gasteiger partial charge on any atom is -0.468 e. The molecule has 1 aromatic rings. The molecule has 6 nitrogen and oxygen atoms in total. The van der Waals surface area contributed by atoms with Crippen LogP contribution < -0.4 is 0 Å². The lowest BCUT2D eigenvalue weighted by Crippen LogP contribution is -2.13. The highest BCUT2D eigenvalue weighted by molar-refractivity contribution is 7.99. The largest absolute Gasteiger partial charge is 0.468 e. The normalized spacial score (nSPS) is 10.6. The van der Waals surface area contributed by atoms with E-state index in [-0.39, 0.29) is 12.5 Å². The summed E-state index contributed by atoms with van der Waals surface area (Å²) < 4.78 is 6.06. The van der Waals surface area contributed by atoms with Crippen molar-refractivity contribution < 1.29 is 9.53 Å². The van der Waals surface area contributed by atoms with Crippen LogP contribution in [0.2, 0.25) is 0 Å². The van der Waals surface area contributed by atoms with Crippen LogP contribution in [0.4, 0.5) is 0 Å². The van der Waals surface area contributed by atoms with Gasteiger partial charge in [0.2, 0.25) is 5.16 Å². The number of aromatic nitrogens is 4. The zero-order valence-corrected chi connectivity index (χ0v) is 11.8. The molecular weight excluding hydrogens is 252 g/mol. The minimum atomic E-state index is -0.341. The van der Waals surface area contributed by atoms with E-state index in [0.29, 0.717) is 5.16 Å². The molecule has 0 unspecified atom stereocenters. The van der Waals surface area contributed by atoms with E-state index < -0.39 is 0 Å². The Hall–Kier alpha value is -1.11. The molecule has 0 amide bonds. The van der Waals surface area contributed by atoms with E-state index in [1.165, 1.54) is 37.5 Å². The second kappa shape index (κ2) is 8.91. The Balaban J connectivity index is 2.25. The number of nitrogens with zero attached hydrogens (tertiary/aromatic N) is 4. The molecule has 0 bridgehead atoms. The van der Waals surface area contributed by atoms with E-state index in [4.69, 9.17) is 0 Å². The minimum absolute atomic E-state index is 0.0711. The molecule has 0 aliphatic heterocycles. The Kier molecular flexibility index (Phi) is 7.40. The Bertz CT molecular complexity index is 357. The fraction of sp³-hybridized carbons (Fsp3) is 0.818. The fourth-order valence-corrected chi connectivity index (χ4v) is 2.33. The summed E-state index contributed by atoms with van der Waals surface area (Å²) >= 11 is 1.58. The lowest BCUT2D eigenvalue weighted by atomic mass is 10.2. The SMILES string of the molecule is CCCCCCCSc1nnnn1CC(=O)OC. The number of carbonyl (C=O) groups is 1. The highest BCUT2D eigenvalue weighted by Crippen LogP contribution is 2.16. The summed E-state index contributed by atoms with van der Waals surface area (Å²) in [6.45, 7) is 2.28. The molecule has 1 rings (SSSR count). The van der Waals surface area contributed by atoms with Gasteiger partial charge in [-0.2, -0.15) is 0 Å². The van der Waals surface area contributed by atoms with Crippen molar-refractivity contribution in [3.05, 3.63) is 0 Å². The van der Waals surface area contributed by atoms with Crippen molar-refractivity contribution >= 4 is 17.7 Å². The summed E-state index contributed by atoms with van der Waals surface area (Å²) in [5, 5.41) is 11.9. The second-order valence-corrected chi connectivity index (χ2v) is 5.02. The molecule has 0 fully saturated rings. The van der Waals surface area contributed by atoms with E-state index in [0.717, 1.165) is 12.2 Å². The maximum Gasteiger partial charge on any atom is 0.327 e. The van der Waals surface area contributed by atoms with Crippen LogP contribution in [0, 0.1) is 0 Å². The fourth-order valence-electron chi connectivity index (χ4n) is 1.45. The third-order valence-electron chi connectivity index (χ3n) is 2.48. The van der Waals surface area contributed by atoms with Gasteiger partial charge in [0.15, 0.2) is 0 Å². The predicted molar refractivity (Wildman–Crippen MR) is 69.3 cm³/mol. The molecular formula is C11H20N4O2S. The zero-order chi connectivity index (χ0) is 13.2. The van der Waals surface area contributed by atoms with Crippen LogP contribution in [0.5, 0.6) is 0 Å². The Labute approximate surface area is 111 Å². The summed E-state index contributed by atoms with van der Waals surface area (Å²) in [5.41, 5.74) is 0. The van der Waals surface area contributed by atoms with Crippen LogP contribution in [-0.2, 0) is 16.1 Å². The molecule has 1 aromatic heterocycles. The van der Waals surface area contributed by atoms with Gasteiger partial charge in [-0.25, -0.2) is 4.68 Å². The molecule has 0 N–H and O–H groups in total. The number of hydrogen-bond donors (Lipinski definition) is 0. The van der Waals surface area contributed by atoms with Crippen molar-refractivity contribution in [1.82, 2.24) is 20.2 Å². The van der Waals surface area contributed by atoms with Crippen molar-refractivity contribution in [3.8, 4) is 0 Å². The molecule has 18 heavy (non-hydrogen) atoms. The number of carbonyl (C=O) groups excluding carboxylic acids is 1. The van der Waals surface area contributed by atoms with E-state index >= 15 is 0 Å². The van der Waals surface area contributed by atoms with Crippen LogP contribution >= 0.6 is 11.8 Å². The van der Waals surface area contributed by atoms with Crippen LogP contribution in [0.25, 0.3) is 0 Å². The highest BCUT2D eigenvalue weighted by Gasteiger charge is 2.10. The van der Waals surface area contributed by atoms with Gasteiger partial charge in [0, 0.05) is 5.75 Å². The van der Waals surface area contributed by atoms with Gasteiger partial charge in [0.25, 0.3) is 0 Å². The Morgan fingerprint density at radius 1 is 1.33 bits per heavy atom. The van der Waals surface area contributed by atoms with E-state index in [1.54, 1.807) is 11.8 Å². The summed E-state index contributed by atoms with van der Waals surface area (Å²) in [5.74, 6) is 0.637. The molecule has 0 aromatic carbocycles. The van der Waals surface area contributed by atoms with Crippen LogP contribution in [0.1, 0.15) is 39.0 Å². The third-order valence-corrected chi connectivity index (χ3v) is 3.53. The molecule has 0 saturated carbocycles. The van der Waals surface area contributed by atoms with E-state index in [9.17, 15) is 4.79 Å². The lowest BCUT2D eigenvalue weighted by Gasteiger charge is -2.03. The highest BCUT2D eigenvalue weighted by atomic mass is 32.2. The maximum atomic E-state index is 11.1. The Morgan fingerprint density at radius 2 is 2.11 bits per heavy atom. The smallest absolute Gasteiger partial charge is 0.327 e. The molecule has 0 aliphatic rings. The van der Waals surface area contributed by atoms with Crippen molar-refractivity contribution in [2.75, 3.05) is 12.9 Å². The van der Waals surface area contributed by atoms with Gasteiger partial charge in [-0.1, -0.05) is 44.4 Å². The molecule has 1 heterocycles. The summed E-state index contributed by atoms with van der Waals surface area (Å²) in [7, 11) is 1.35. The molecule has 7 heteroatoms. The molecule has 0 atom stereocenters. The zero-order valence-electron chi connectivity index (χ0n) is 11.0. The van der Waals surface area contributed by atoms with Gasteiger partial charge in [-0.15, -0.1) is 5.10 Å². The molecule has 0 saturated heterocycles. The quantitative estimate of drug-likeness (QED) is 0.388. The van der Waals surface area contributed by atoms with Gasteiger partial charge in [-0.3, -0.25) is 4.79 Å². The summed E-state index contributed by atoms with van der Waals surface area (Å²) in [4.78, 5) is 11.1. The Morgan fingerprint density at radius 3 is 2.83 bits per heavy atom.